The van der Waals surface area contributed by atoms with E-state index in [1.165, 1.54) is 321 Å². The fourth-order valence-electron chi connectivity index (χ4n) is 11.5. The van der Waals surface area contributed by atoms with Crippen LogP contribution in [0.25, 0.3) is 0 Å². The molecule has 0 aromatic carbocycles. The molecule has 6 nitrogen and oxygen atoms in total. The molecular weight excluding hydrogens is 985 g/mol. The van der Waals surface area contributed by atoms with E-state index in [-0.39, 0.29) is 31.1 Å². The predicted octanol–water partition coefficient (Wildman–Crippen LogP) is 25.2. The Morgan fingerprint density at radius 3 is 0.625 bits per heavy atom. The Labute approximate surface area is 501 Å². The lowest BCUT2D eigenvalue weighted by molar-refractivity contribution is -0.167. The molecule has 474 valence electrons. The second-order valence-corrected chi connectivity index (χ2v) is 25.2. The van der Waals surface area contributed by atoms with Crippen molar-refractivity contribution in [2.75, 3.05) is 13.2 Å². The van der Waals surface area contributed by atoms with Crippen molar-refractivity contribution in [2.24, 2.45) is 0 Å². The highest BCUT2D eigenvalue weighted by molar-refractivity contribution is 5.71. The number of unbranched alkanes of at least 4 members (excludes halogenated alkanes) is 56. The third-order valence-electron chi connectivity index (χ3n) is 17.0. The van der Waals surface area contributed by atoms with E-state index in [1.54, 1.807) is 0 Å². The van der Waals surface area contributed by atoms with Gasteiger partial charge in [0.15, 0.2) is 6.10 Å². The third kappa shape index (κ3) is 66.9. The summed E-state index contributed by atoms with van der Waals surface area (Å²) < 4.78 is 16.8. The molecule has 0 rings (SSSR count). The molecule has 0 heterocycles. The van der Waals surface area contributed by atoms with Crippen molar-refractivity contribution in [1.82, 2.24) is 0 Å². The Hall–Kier alpha value is -1.85. The smallest absolute Gasteiger partial charge is 0.306 e. The predicted molar refractivity (Wildman–Crippen MR) is 349 cm³/mol. The minimum absolute atomic E-state index is 0.0644. The van der Waals surface area contributed by atoms with Gasteiger partial charge in [-0.05, 0) is 44.9 Å². The van der Waals surface area contributed by atoms with E-state index in [0.29, 0.717) is 19.3 Å². The number of esters is 3. The Balaban J connectivity index is 3.87. The van der Waals surface area contributed by atoms with E-state index in [1.807, 2.05) is 0 Å². The molecule has 0 N–H and O–H groups in total. The first-order chi connectivity index (χ1) is 39.5. The van der Waals surface area contributed by atoms with Crippen molar-refractivity contribution in [3.8, 4) is 0 Å². The van der Waals surface area contributed by atoms with Crippen LogP contribution >= 0.6 is 0 Å². The highest BCUT2D eigenvalue weighted by Crippen LogP contribution is 2.19. The molecule has 0 aliphatic carbocycles. The minimum atomic E-state index is -0.764. The zero-order chi connectivity index (χ0) is 57.8. The van der Waals surface area contributed by atoms with Crippen LogP contribution in [0.3, 0.4) is 0 Å². The maximum absolute atomic E-state index is 12.9. The molecule has 0 amide bonds. The molecule has 1 atom stereocenters. The zero-order valence-electron chi connectivity index (χ0n) is 54.6. The van der Waals surface area contributed by atoms with Gasteiger partial charge in [-0.1, -0.05) is 373 Å². The largest absolute Gasteiger partial charge is 0.462 e. The molecule has 0 aliphatic heterocycles. The average molecular weight is 1130 g/mol. The molecule has 80 heavy (non-hydrogen) atoms. The molecule has 1 unspecified atom stereocenters. The third-order valence-corrected chi connectivity index (χ3v) is 17.0. The van der Waals surface area contributed by atoms with Gasteiger partial charge in [0, 0.05) is 19.3 Å². The average Bonchev–Trinajstić information content (AvgIpc) is 3.46. The van der Waals surface area contributed by atoms with Crippen LogP contribution in [0, 0.1) is 0 Å². The van der Waals surface area contributed by atoms with Gasteiger partial charge in [-0.15, -0.1) is 0 Å². The van der Waals surface area contributed by atoms with Gasteiger partial charge in [-0.3, -0.25) is 14.4 Å². The molecule has 0 radical (unpaired) electrons. The van der Waals surface area contributed by atoms with Gasteiger partial charge in [0.05, 0.1) is 0 Å². The first-order valence-corrected chi connectivity index (χ1v) is 36.7. The Bertz CT molecular complexity index is 1250. The van der Waals surface area contributed by atoms with E-state index < -0.39 is 6.10 Å². The maximum atomic E-state index is 12.9. The first kappa shape index (κ1) is 78.1. The number of allylic oxidation sites excluding steroid dienone is 2. The van der Waals surface area contributed by atoms with E-state index >= 15 is 0 Å². The van der Waals surface area contributed by atoms with Crippen LogP contribution in [0.15, 0.2) is 12.2 Å². The van der Waals surface area contributed by atoms with Crippen molar-refractivity contribution in [3.05, 3.63) is 12.2 Å². The van der Waals surface area contributed by atoms with Gasteiger partial charge in [0.1, 0.15) is 13.2 Å². The molecule has 0 aromatic rings. The van der Waals surface area contributed by atoms with E-state index in [2.05, 4.69) is 32.9 Å². The molecule has 0 saturated heterocycles. The monoisotopic (exact) mass is 1130 g/mol. The molecule has 0 fully saturated rings. The van der Waals surface area contributed by atoms with Crippen molar-refractivity contribution in [1.29, 1.82) is 0 Å². The van der Waals surface area contributed by atoms with Crippen molar-refractivity contribution in [3.63, 3.8) is 0 Å². The molecule has 0 aromatic heterocycles. The standard InChI is InChI=1S/C74H142O6/c1-4-7-10-13-15-17-19-21-23-25-27-29-31-33-34-35-36-37-38-39-41-42-44-46-48-50-52-54-56-58-61-64-67-73(76)79-70-71(69-78-72(75)66-63-60-12-9-6-3)80-74(77)68-65-62-59-57-55-53-51-49-47-45-43-40-32-30-28-26-24-22-20-18-16-14-11-8-5-2/h26,28,71H,4-25,27,29-70H2,1-3H3/b28-26-. The van der Waals surface area contributed by atoms with Crippen LogP contribution in [-0.2, 0) is 28.6 Å². The summed E-state index contributed by atoms with van der Waals surface area (Å²) >= 11 is 0. The summed E-state index contributed by atoms with van der Waals surface area (Å²) in [5.41, 5.74) is 0. The lowest BCUT2D eigenvalue weighted by atomic mass is 10.0. The summed E-state index contributed by atoms with van der Waals surface area (Å²) in [6.07, 6.45) is 84.7. The van der Waals surface area contributed by atoms with Crippen LogP contribution in [0.1, 0.15) is 425 Å². The summed E-state index contributed by atoms with van der Waals surface area (Å²) in [6.45, 7) is 6.64. The van der Waals surface area contributed by atoms with Crippen LogP contribution in [-0.4, -0.2) is 37.2 Å². The van der Waals surface area contributed by atoms with Crippen LogP contribution < -0.4 is 0 Å². The van der Waals surface area contributed by atoms with E-state index in [0.717, 1.165) is 64.2 Å². The molecule has 0 aliphatic rings. The number of rotatable bonds is 69. The fourth-order valence-corrected chi connectivity index (χ4v) is 11.5. The maximum Gasteiger partial charge on any atom is 0.306 e. The van der Waals surface area contributed by atoms with Crippen molar-refractivity contribution >= 4 is 17.9 Å². The van der Waals surface area contributed by atoms with Gasteiger partial charge in [-0.25, -0.2) is 0 Å². The topological polar surface area (TPSA) is 78.9 Å². The zero-order valence-corrected chi connectivity index (χ0v) is 54.6. The summed E-state index contributed by atoms with van der Waals surface area (Å²) in [5.74, 6) is -0.848. The number of hydrogen-bond acceptors (Lipinski definition) is 6. The molecule has 6 heteroatoms. The lowest BCUT2D eigenvalue weighted by Gasteiger charge is -2.18. The second kappa shape index (κ2) is 69.6. The van der Waals surface area contributed by atoms with E-state index in [4.69, 9.17) is 14.2 Å². The molecular formula is C74H142O6. The minimum Gasteiger partial charge on any atom is -0.462 e. The highest BCUT2D eigenvalue weighted by Gasteiger charge is 2.19. The Kier molecular flexibility index (Phi) is 68.0. The van der Waals surface area contributed by atoms with Crippen molar-refractivity contribution in [2.45, 2.75) is 431 Å². The van der Waals surface area contributed by atoms with Gasteiger partial charge in [0.25, 0.3) is 0 Å². The first-order valence-electron chi connectivity index (χ1n) is 36.7. The van der Waals surface area contributed by atoms with Gasteiger partial charge in [-0.2, -0.15) is 0 Å². The van der Waals surface area contributed by atoms with Gasteiger partial charge >= 0.3 is 17.9 Å². The number of carbonyl (C=O) groups is 3. The van der Waals surface area contributed by atoms with Crippen LogP contribution in [0.4, 0.5) is 0 Å². The second-order valence-electron chi connectivity index (χ2n) is 25.2. The Morgan fingerprint density at radius 1 is 0.237 bits per heavy atom. The fraction of sp³-hybridized carbons (Fsp3) is 0.932. The van der Waals surface area contributed by atoms with E-state index in [9.17, 15) is 14.4 Å². The van der Waals surface area contributed by atoms with Crippen LogP contribution in [0.5, 0.6) is 0 Å². The summed E-state index contributed by atoms with van der Waals surface area (Å²) in [6, 6.07) is 0. The summed E-state index contributed by atoms with van der Waals surface area (Å²) in [4.78, 5) is 38.0. The summed E-state index contributed by atoms with van der Waals surface area (Å²) in [5, 5.41) is 0. The normalized spacial score (nSPS) is 12.0. The Morgan fingerprint density at radius 2 is 0.412 bits per heavy atom. The quantitative estimate of drug-likeness (QED) is 0.0261. The number of carbonyl (C=O) groups excluding carboxylic acids is 3. The van der Waals surface area contributed by atoms with Gasteiger partial charge < -0.3 is 14.2 Å². The van der Waals surface area contributed by atoms with Crippen molar-refractivity contribution < 1.29 is 28.6 Å². The SMILES string of the molecule is CCCCCCCCCC/C=C\CCCCCCCCCCCCCCCC(=O)OC(COC(=O)CCCCCCC)COC(=O)CCCCCCCCCCCCCCCCCCCCCCCCCCCCCCCCCC. The molecule has 0 saturated carbocycles. The lowest BCUT2D eigenvalue weighted by Crippen LogP contribution is -2.30. The summed E-state index contributed by atoms with van der Waals surface area (Å²) in [7, 11) is 0. The van der Waals surface area contributed by atoms with Gasteiger partial charge in [0.2, 0.25) is 0 Å². The van der Waals surface area contributed by atoms with Crippen LogP contribution in [0.2, 0.25) is 0 Å². The number of hydrogen-bond donors (Lipinski definition) is 0. The highest BCUT2D eigenvalue weighted by atomic mass is 16.6. The number of ether oxygens (including phenoxy) is 3. The molecule has 0 bridgehead atoms. The molecule has 0 spiro atoms.